The largest absolute Gasteiger partial charge is 0.509 e. The number of hydrogen-bond acceptors (Lipinski definition) is 6. The van der Waals surface area contributed by atoms with Gasteiger partial charge in [-0.05, 0) is 6.08 Å². The normalized spacial score (nSPS) is 36.1. The van der Waals surface area contributed by atoms with Crippen LogP contribution in [0.5, 0.6) is 0 Å². The van der Waals surface area contributed by atoms with Gasteiger partial charge in [-0.2, -0.15) is 0 Å². The molecule has 2 rings (SSSR count). The van der Waals surface area contributed by atoms with Crippen molar-refractivity contribution in [3.8, 4) is 0 Å². The zero-order valence-corrected chi connectivity index (χ0v) is 9.11. The fraction of sp³-hybridized carbons (Fsp3) is 0.545. The number of rotatable bonds is 3. The van der Waals surface area contributed by atoms with Gasteiger partial charge in [-0.25, -0.2) is 4.79 Å². The second-order valence-electron chi connectivity index (χ2n) is 3.96. The monoisotopic (exact) mass is 242 g/mol. The van der Waals surface area contributed by atoms with E-state index in [-0.39, 0.29) is 19.0 Å². The highest BCUT2D eigenvalue weighted by molar-refractivity contribution is 5.82. The second kappa shape index (κ2) is 4.87. The van der Waals surface area contributed by atoms with Crippen LogP contribution in [0.1, 0.15) is 0 Å². The first kappa shape index (κ1) is 12.1. The maximum Gasteiger partial charge on any atom is 0.331 e. The lowest BCUT2D eigenvalue weighted by Gasteiger charge is -2.15. The Balaban J connectivity index is 1.88. The predicted molar refractivity (Wildman–Crippen MR) is 56.3 cm³/mol. The Bertz CT molecular complexity index is 350. The highest BCUT2D eigenvalue weighted by Crippen LogP contribution is 2.28. The van der Waals surface area contributed by atoms with Crippen LogP contribution in [0.2, 0.25) is 0 Å². The molecule has 6 heteroatoms. The lowest BCUT2D eigenvalue weighted by Crippen LogP contribution is -2.33. The average Bonchev–Trinajstić information content (AvgIpc) is 2.81. The van der Waals surface area contributed by atoms with Gasteiger partial charge in [0.25, 0.3) is 0 Å². The summed E-state index contributed by atoms with van der Waals surface area (Å²) in [6, 6.07) is 0. The number of aliphatic hydroxyl groups is 2. The highest BCUT2D eigenvalue weighted by atomic mass is 16.6. The van der Waals surface area contributed by atoms with Crippen molar-refractivity contribution >= 4 is 5.97 Å². The molecule has 0 saturated carbocycles. The van der Waals surface area contributed by atoms with Gasteiger partial charge in [0.2, 0.25) is 0 Å². The van der Waals surface area contributed by atoms with Crippen molar-refractivity contribution in [1.82, 2.24) is 0 Å². The zero-order valence-electron chi connectivity index (χ0n) is 9.11. The maximum atomic E-state index is 11.3. The first-order chi connectivity index (χ1) is 8.08. The van der Waals surface area contributed by atoms with Crippen LogP contribution in [0, 0.1) is 0 Å². The molecule has 0 amide bonds. The SMILES string of the molecule is C=C(O)/C=C\C(=O)O[C@H]1CO[C@H]2[C@@H]1OC[C@@H]2O. The zero-order chi connectivity index (χ0) is 12.4. The number of carbonyl (C=O) groups excluding carboxylic acids is 1. The number of esters is 1. The van der Waals surface area contributed by atoms with Crippen molar-refractivity contribution < 1.29 is 29.2 Å². The van der Waals surface area contributed by atoms with Crippen molar-refractivity contribution in [2.24, 2.45) is 0 Å². The summed E-state index contributed by atoms with van der Waals surface area (Å²) in [5, 5.41) is 18.3. The molecular weight excluding hydrogens is 228 g/mol. The summed E-state index contributed by atoms with van der Waals surface area (Å²) in [5.41, 5.74) is 0. The minimum atomic E-state index is -0.670. The van der Waals surface area contributed by atoms with E-state index in [0.29, 0.717) is 0 Å². The Hall–Kier alpha value is -1.37. The summed E-state index contributed by atoms with van der Waals surface area (Å²) in [6.45, 7) is 3.59. The summed E-state index contributed by atoms with van der Waals surface area (Å²) >= 11 is 0. The molecular formula is C11H14O6. The van der Waals surface area contributed by atoms with Gasteiger partial charge in [0, 0.05) is 6.08 Å². The highest BCUT2D eigenvalue weighted by Gasteiger charge is 2.48. The molecule has 2 saturated heterocycles. The standard InChI is InChI=1S/C11H14O6/c1-6(12)2-3-9(14)17-8-5-16-10-7(13)4-15-11(8)10/h2-3,7-8,10-13H,1,4-5H2/b3-2-/t7-,8-,10+,11+/m0/s1. The minimum absolute atomic E-state index is 0.187. The first-order valence-electron chi connectivity index (χ1n) is 5.26. The topological polar surface area (TPSA) is 85.2 Å². The molecule has 4 atom stereocenters. The van der Waals surface area contributed by atoms with Gasteiger partial charge >= 0.3 is 5.97 Å². The van der Waals surface area contributed by atoms with Gasteiger partial charge in [0.15, 0.2) is 6.10 Å². The summed E-state index contributed by atoms with van der Waals surface area (Å²) in [6.07, 6.45) is 0.170. The molecule has 0 spiro atoms. The number of ether oxygens (including phenoxy) is 3. The molecule has 0 bridgehead atoms. The Labute approximate surface area is 98.1 Å². The van der Waals surface area contributed by atoms with Crippen molar-refractivity contribution in [2.75, 3.05) is 13.2 Å². The third-order valence-electron chi connectivity index (χ3n) is 2.66. The molecule has 0 aromatic carbocycles. The smallest absolute Gasteiger partial charge is 0.331 e. The van der Waals surface area contributed by atoms with E-state index in [1.807, 2.05) is 0 Å². The molecule has 0 aromatic rings. The summed E-state index contributed by atoms with van der Waals surface area (Å²) in [5.74, 6) is -0.838. The Kier molecular flexibility index (Phi) is 3.46. The third-order valence-corrected chi connectivity index (χ3v) is 2.66. The van der Waals surface area contributed by atoms with Gasteiger partial charge in [0.05, 0.1) is 13.2 Å². The summed E-state index contributed by atoms with van der Waals surface area (Å²) in [4.78, 5) is 11.3. The fourth-order valence-electron chi connectivity index (χ4n) is 1.90. The molecule has 0 unspecified atom stereocenters. The van der Waals surface area contributed by atoms with Gasteiger partial charge in [-0.1, -0.05) is 6.58 Å². The van der Waals surface area contributed by atoms with Crippen molar-refractivity contribution in [3.63, 3.8) is 0 Å². The fourth-order valence-corrected chi connectivity index (χ4v) is 1.90. The average molecular weight is 242 g/mol. The number of fused-ring (bicyclic) bond motifs is 1. The van der Waals surface area contributed by atoms with Crippen LogP contribution in [-0.4, -0.2) is 53.8 Å². The maximum absolute atomic E-state index is 11.3. The van der Waals surface area contributed by atoms with Crippen LogP contribution < -0.4 is 0 Å². The number of aliphatic hydroxyl groups excluding tert-OH is 2. The van der Waals surface area contributed by atoms with Gasteiger partial charge < -0.3 is 24.4 Å². The quantitative estimate of drug-likeness (QED) is 0.305. The molecule has 0 aromatic heterocycles. The molecule has 2 fully saturated rings. The van der Waals surface area contributed by atoms with E-state index < -0.39 is 30.4 Å². The molecule has 6 nitrogen and oxygen atoms in total. The van der Waals surface area contributed by atoms with E-state index in [1.165, 1.54) is 0 Å². The summed E-state index contributed by atoms with van der Waals surface area (Å²) < 4.78 is 15.7. The van der Waals surface area contributed by atoms with E-state index >= 15 is 0 Å². The Morgan fingerprint density at radius 3 is 2.71 bits per heavy atom. The second-order valence-corrected chi connectivity index (χ2v) is 3.96. The van der Waals surface area contributed by atoms with E-state index in [4.69, 9.17) is 19.3 Å². The van der Waals surface area contributed by atoms with E-state index in [9.17, 15) is 9.90 Å². The van der Waals surface area contributed by atoms with Crippen LogP contribution in [0.4, 0.5) is 0 Å². The van der Waals surface area contributed by atoms with Crippen molar-refractivity contribution in [3.05, 3.63) is 24.5 Å². The van der Waals surface area contributed by atoms with Gasteiger partial charge in [-0.3, -0.25) is 0 Å². The van der Waals surface area contributed by atoms with Crippen LogP contribution in [-0.2, 0) is 19.0 Å². The first-order valence-corrected chi connectivity index (χ1v) is 5.26. The van der Waals surface area contributed by atoms with Crippen LogP contribution in [0.25, 0.3) is 0 Å². The van der Waals surface area contributed by atoms with Crippen LogP contribution >= 0.6 is 0 Å². The number of hydrogen-bond donors (Lipinski definition) is 2. The van der Waals surface area contributed by atoms with E-state index in [0.717, 1.165) is 12.2 Å². The van der Waals surface area contributed by atoms with E-state index in [1.54, 1.807) is 0 Å². The van der Waals surface area contributed by atoms with Crippen LogP contribution in [0.3, 0.4) is 0 Å². The van der Waals surface area contributed by atoms with E-state index in [2.05, 4.69) is 6.58 Å². The van der Waals surface area contributed by atoms with Crippen molar-refractivity contribution in [1.29, 1.82) is 0 Å². The Morgan fingerprint density at radius 2 is 2.00 bits per heavy atom. The Morgan fingerprint density at radius 1 is 1.29 bits per heavy atom. The van der Waals surface area contributed by atoms with Crippen molar-refractivity contribution in [2.45, 2.75) is 24.4 Å². The third kappa shape index (κ3) is 2.66. The molecule has 17 heavy (non-hydrogen) atoms. The molecule has 2 aliphatic rings. The lowest BCUT2D eigenvalue weighted by molar-refractivity contribution is -0.147. The minimum Gasteiger partial charge on any atom is -0.509 e. The van der Waals surface area contributed by atoms with Gasteiger partial charge in [0.1, 0.15) is 24.1 Å². The lowest BCUT2D eigenvalue weighted by atomic mass is 10.1. The molecule has 0 aliphatic carbocycles. The molecule has 2 heterocycles. The predicted octanol–water partition coefficient (Wildman–Crippen LogP) is -0.315. The molecule has 0 radical (unpaired) electrons. The molecule has 94 valence electrons. The number of carbonyl (C=O) groups is 1. The number of allylic oxidation sites excluding steroid dienone is 1. The molecule has 2 N–H and O–H groups in total. The molecule has 2 aliphatic heterocycles. The van der Waals surface area contributed by atoms with Gasteiger partial charge in [-0.15, -0.1) is 0 Å². The van der Waals surface area contributed by atoms with Crippen LogP contribution in [0.15, 0.2) is 24.5 Å². The summed E-state index contributed by atoms with van der Waals surface area (Å²) in [7, 11) is 0.